The quantitative estimate of drug-likeness (QED) is 0.781. The molecule has 3 aromatic rings. The molecule has 0 saturated carbocycles. The molecule has 0 aliphatic heterocycles. The number of fused-ring (bicyclic) bond motifs is 1. The minimum atomic E-state index is -3.39. The summed E-state index contributed by atoms with van der Waals surface area (Å²) in [5.74, 6) is -0.335. The Balaban J connectivity index is 1.78. The second kappa shape index (κ2) is 6.52. The molecule has 0 heterocycles. The Morgan fingerprint density at radius 3 is 2.22 bits per heavy atom. The van der Waals surface area contributed by atoms with Crippen LogP contribution in [0.15, 0.2) is 72.8 Å². The van der Waals surface area contributed by atoms with Crippen molar-refractivity contribution in [3.8, 4) is 0 Å². The standard InChI is InChI=1S/C19H18O3S/c20-19(14-23(21,22)13-15-6-2-1-3-7-15)18-11-10-16-8-4-5-9-17(16)12-18/h1-12,19-20H,13-14H2. The largest absolute Gasteiger partial charge is 0.387 e. The monoisotopic (exact) mass is 326 g/mol. The first-order chi connectivity index (χ1) is 11.0. The summed E-state index contributed by atoms with van der Waals surface area (Å²) in [6, 6.07) is 22.4. The average Bonchev–Trinajstić information content (AvgIpc) is 2.54. The van der Waals surface area contributed by atoms with Crippen LogP contribution in [0.3, 0.4) is 0 Å². The summed E-state index contributed by atoms with van der Waals surface area (Å²) in [6.45, 7) is 0. The van der Waals surface area contributed by atoms with Gasteiger partial charge >= 0.3 is 0 Å². The van der Waals surface area contributed by atoms with Gasteiger partial charge in [0.25, 0.3) is 0 Å². The van der Waals surface area contributed by atoms with Crippen LogP contribution >= 0.6 is 0 Å². The van der Waals surface area contributed by atoms with Gasteiger partial charge in [0.05, 0.1) is 17.6 Å². The molecule has 0 aliphatic carbocycles. The van der Waals surface area contributed by atoms with Gasteiger partial charge in [0.15, 0.2) is 9.84 Å². The van der Waals surface area contributed by atoms with Gasteiger partial charge < -0.3 is 5.11 Å². The maximum Gasteiger partial charge on any atom is 0.157 e. The van der Waals surface area contributed by atoms with Crippen LogP contribution < -0.4 is 0 Å². The molecular weight excluding hydrogens is 308 g/mol. The minimum Gasteiger partial charge on any atom is -0.387 e. The lowest BCUT2D eigenvalue weighted by Gasteiger charge is -2.12. The number of aliphatic hydroxyl groups is 1. The summed E-state index contributed by atoms with van der Waals surface area (Å²) in [4.78, 5) is 0. The summed E-state index contributed by atoms with van der Waals surface area (Å²) < 4.78 is 24.6. The topological polar surface area (TPSA) is 54.4 Å². The van der Waals surface area contributed by atoms with E-state index in [0.717, 1.165) is 16.3 Å². The zero-order valence-electron chi connectivity index (χ0n) is 12.6. The van der Waals surface area contributed by atoms with Gasteiger partial charge in [0, 0.05) is 0 Å². The maximum atomic E-state index is 12.3. The summed E-state index contributed by atoms with van der Waals surface area (Å²) in [5.41, 5.74) is 1.36. The fourth-order valence-electron chi connectivity index (χ4n) is 2.64. The molecule has 4 heteroatoms. The van der Waals surface area contributed by atoms with Crippen LogP contribution in [-0.2, 0) is 15.6 Å². The zero-order valence-corrected chi connectivity index (χ0v) is 13.4. The SMILES string of the molecule is O=S(=O)(Cc1ccccc1)CC(O)c1ccc2ccccc2c1. The second-order valence-electron chi connectivity index (χ2n) is 5.66. The summed E-state index contributed by atoms with van der Waals surface area (Å²) in [7, 11) is -3.39. The van der Waals surface area contributed by atoms with Crippen molar-refractivity contribution in [2.45, 2.75) is 11.9 Å². The van der Waals surface area contributed by atoms with Crippen molar-refractivity contribution < 1.29 is 13.5 Å². The van der Waals surface area contributed by atoms with Gasteiger partial charge in [-0.25, -0.2) is 8.42 Å². The van der Waals surface area contributed by atoms with Crippen molar-refractivity contribution in [2.75, 3.05) is 5.75 Å². The lowest BCUT2D eigenvalue weighted by atomic mass is 10.0. The van der Waals surface area contributed by atoms with Gasteiger partial charge in [-0.2, -0.15) is 0 Å². The molecule has 0 amide bonds. The molecule has 3 aromatic carbocycles. The van der Waals surface area contributed by atoms with E-state index >= 15 is 0 Å². The Labute approximate surface area is 136 Å². The predicted octanol–water partition coefficient (Wildman–Crippen LogP) is 3.49. The maximum absolute atomic E-state index is 12.3. The van der Waals surface area contributed by atoms with Gasteiger partial charge in [-0.1, -0.05) is 66.7 Å². The molecule has 118 valence electrons. The summed E-state index contributed by atoms with van der Waals surface area (Å²) in [6.07, 6.45) is -1.02. The van der Waals surface area contributed by atoms with Gasteiger partial charge in [-0.3, -0.25) is 0 Å². The lowest BCUT2D eigenvalue weighted by Crippen LogP contribution is -2.16. The molecule has 0 spiro atoms. The highest BCUT2D eigenvalue weighted by Gasteiger charge is 2.19. The van der Waals surface area contributed by atoms with Gasteiger partial charge in [0.2, 0.25) is 0 Å². The van der Waals surface area contributed by atoms with Gasteiger partial charge in [0.1, 0.15) is 0 Å². The molecule has 3 rings (SSSR count). The fraction of sp³-hybridized carbons (Fsp3) is 0.158. The van der Waals surface area contributed by atoms with Crippen molar-refractivity contribution in [1.29, 1.82) is 0 Å². The number of hydrogen-bond donors (Lipinski definition) is 1. The highest BCUT2D eigenvalue weighted by atomic mass is 32.2. The van der Waals surface area contributed by atoms with E-state index in [2.05, 4.69) is 0 Å². The third-order valence-electron chi connectivity index (χ3n) is 3.80. The third kappa shape index (κ3) is 3.97. The van der Waals surface area contributed by atoms with E-state index in [4.69, 9.17) is 0 Å². The predicted molar refractivity (Wildman–Crippen MR) is 92.8 cm³/mol. The average molecular weight is 326 g/mol. The van der Waals surface area contributed by atoms with Crippen LogP contribution in [0.25, 0.3) is 10.8 Å². The third-order valence-corrected chi connectivity index (χ3v) is 5.40. The van der Waals surface area contributed by atoms with E-state index in [0.29, 0.717) is 5.56 Å². The molecule has 0 saturated heterocycles. The number of benzene rings is 3. The number of aliphatic hydroxyl groups excluding tert-OH is 1. The van der Waals surface area contributed by atoms with Crippen LogP contribution in [0.5, 0.6) is 0 Å². The number of hydrogen-bond acceptors (Lipinski definition) is 3. The van der Waals surface area contributed by atoms with Crippen molar-refractivity contribution >= 4 is 20.6 Å². The van der Waals surface area contributed by atoms with Crippen LogP contribution in [0.4, 0.5) is 0 Å². The number of sulfone groups is 1. The molecule has 0 aromatic heterocycles. The molecule has 0 bridgehead atoms. The molecule has 0 aliphatic rings. The smallest absolute Gasteiger partial charge is 0.157 e. The molecule has 1 unspecified atom stereocenters. The van der Waals surface area contributed by atoms with E-state index in [-0.39, 0.29) is 11.5 Å². The molecule has 23 heavy (non-hydrogen) atoms. The van der Waals surface area contributed by atoms with Crippen LogP contribution in [-0.4, -0.2) is 19.3 Å². The molecule has 3 nitrogen and oxygen atoms in total. The molecule has 0 radical (unpaired) electrons. The van der Waals surface area contributed by atoms with Crippen LogP contribution in [0, 0.1) is 0 Å². The van der Waals surface area contributed by atoms with Gasteiger partial charge in [-0.05, 0) is 28.0 Å². The van der Waals surface area contributed by atoms with Crippen molar-refractivity contribution in [3.05, 3.63) is 83.9 Å². The van der Waals surface area contributed by atoms with E-state index in [1.54, 1.807) is 18.2 Å². The lowest BCUT2D eigenvalue weighted by molar-refractivity contribution is 0.202. The highest BCUT2D eigenvalue weighted by molar-refractivity contribution is 7.90. The second-order valence-corrected chi connectivity index (χ2v) is 7.77. The summed E-state index contributed by atoms with van der Waals surface area (Å²) in [5, 5.41) is 12.4. The molecule has 1 N–H and O–H groups in total. The summed E-state index contributed by atoms with van der Waals surface area (Å²) >= 11 is 0. The zero-order chi connectivity index (χ0) is 16.3. The Morgan fingerprint density at radius 2 is 1.48 bits per heavy atom. The Hall–Kier alpha value is -2.17. The fourth-order valence-corrected chi connectivity index (χ4v) is 4.13. The van der Waals surface area contributed by atoms with E-state index < -0.39 is 15.9 Å². The van der Waals surface area contributed by atoms with Crippen molar-refractivity contribution in [2.24, 2.45) is 0 Å². The molecule has 1 atom stereocenters. The number of rotatable bonds is 5. The highest BCUT2D eigenvalue weighted by Crippen LogP contribution is 2.22. The Kier molecular flexibility index (Phi) is 4.46. The van der Waals surface area contributed by atoms with Crippen LogP contribution in [0.2, 0.25) is 0 Å². The van der Waals surface area contributed by atoms with Gasteiger partial charge in [-0.15, -0.1) is 0 Å². The molecular formula is C19H18O3S. The van der Waals surface area contributed by atoms with E-state index in [1.165, 1.54) is 0 Å². The minimum absolute atomic E-state index is 0.0571. The Morgan fingerprint density at radius 1 is 0.826 bits per heavy atom. The first kappa shape index (κ1) is 15.7. The van der Waals surface area contributed by atoms with E-state index in [1.807, 2.05) is 54.6 Å². The Bertz CT molecular complexity index is 902. The normalized spacial score (nSPS) is 13.1. The molecule has 0 fully saturated rings. The van der Waals surface area contributed by atoms with E-state index in [9.17, 15) is 13.5 Å². The van der Waals surface area contributed by atoms with Crippen molar-refractivity contribution in [1.82, 2.24) is 0 Å². The van der Waals surface area contributed by atoms with Crippen molar-refractivity contribution in [3.63, 3.8) is 0 Å². The van der Waals surface area contributed by atoms with Crippen LogP contribution in [0.1, 0.15) is 17.2 Å². The first-order valence-corrected chi connectivity index (χ1v) is 9.27. The first-order valence-electron chi connectivity index (χ1n) is 7.45.